The van der Waals surface area contributed by atoms with Crippen molar-refractivity contribution in [3.05, 3.63) is 53.0 Å². The van der Waals surface area contributed by atoms with Crippen LogP contribution in [0.2, 0.25) is 0 Å². The number of furan rings is 1. The molecule has 2 aromatic heterocycles. The maximum absolute atomic E-state index is 5.99. The summed E-state index contributed by atoms with van der Waals surface area (Å²) in [5.41, 5.74) is 2.62. The SMILES string of the molecule is Brc1c(-c2ccccc2-c2nn[nH]n2)oc2ccccc12. The van der Waals surface area contributed by atoms with Gasteiger partial charge in [-0.25, -0.2) is 0 Å². The van der Waals surface area contributed by atoms with Gasteiger partial charge in [-0.15, -0.1) is 10.2 Å². The van der Waals surface area contributed by atoms with Gasteiger partial charge >= 0.3 is 0 Å². The van der Waals surface area contributed by atoms with Gasteiger partial charge in [-0.1, -0.05) is 36.4 Å². The van der Waals surface area contributed by atoms with Crippen LogP contribution in [0.5, 0.6) is 0 Å². The Morgan fingerprint density at radius 2 is 1.71 bits per heavy atom. The Bertz CT molecular complexity index is 914. The maximum Gasteiger partial charge on any atom is 0.205 e. The number of hydrogen-bond donors (Lipinski definition) is 1. The first-order valence-corrected chi connectivity index (χ1v) is 7.14. The first kappa shape index (κ1) is 12.3. The minimum absolute atomic E-state index is 0.540. The van der Waals surface area contributed by atoms with E-state index in [1.807, 2.05) is 48.5 Å². The van der Waals surface area contributed by atoms with Crippen LogP contribution in [0.1, 0.15) is 0 Å². The number of rotatable bonds is 2. The number of nitrogens with zero attached hydrogens (tertiary/aromatic N) is 3. The van der Waals surface area contributed by atoms with E-state index in [1.54, 1.807) is 0 Å². The molecule has 0 spiro atoms. The molecule has 102 valence electrons. The van der Waals surface area contributed by atoms with Crippen molar-refractivity contribution in [1.82, 2.24) is 20.6 Å². The van der Waals surface area contributed by atoms with E-state index in [0.29, 0.717) is 5.82 Å². The predicted molar refractivity (Wildman–Crippen MR) is 82.5 cm³/mol. The molecule has 0 aliphatic heterocycles. The predicted octanol–water partition coefficient (Wildman–Crippen LogP) is 4.04. The molecule has 4 rings (SSSR count). The van der Waals surface area contributed by atoms with Crippen LogP contribution in [0, 0.1) is 0 Å². The summed E-state index contributed by atoms with van der Waals surface area (Å²) in [7, 11) is 0. The maximum atomic E-state index is 5.99. The van der Waals surface area contributed by atoms with Gasteiger partial charge in [-0.3, -0.25) is 0 Å². The summed E-state index contributed by atoms with van der Waals surface area (Å²) in [6, 6.07) is 15.7. The van der Waals surface area contributed by atoms with Gasteiger partial charge in [-0.05, 0) is 33.3 Å². The topological polar surface area (TPSA) is 67.6 Å². The lowest BCUT2D eigenvalue weighted by Crippen LogP contribution is -1.86. The highest BCUT2D eigenvalue weighted by Crippen LogP contribution is 2.40. The van der Waals surface area contributed by atoms with E-state index < -0.39 is 0 Å². The average molecular weight is 341 g/mol. The molecule has 2 heterocycles. The van der Waals surface area contributed by atoms with E-state index in [4.69, 9.17) is 4.42 Å². The molecule has 21 heavy (non-hydrogen) atoms. The Hall–Kier alpha value is -2.47. The first-order chi connectivity index (χ1) is 10.3. The minimum Gasteiger partial charge on any atom is -0.455 e. The van der Waals surface area contributed by atoms with Crippen molar-refractivity contribution in [3.8, 4) is 22.7 Å². The Labute approximate surface area is 128 Å². The molecule has 0 amide bonds. The summed E-state index contributed by atoms with van der Waals surface area (Å²) >= 11 is 3.63. The molecule has 0 saturated carbocycles. The number of benzene rings is 2. The molecule has 5 nitrogen and oxygen atoms in total. The van der Waals surface area contributed by atoms with E-state index in [-0.39, 0.29) is 0 Å². The molecule has 0 radical (unpaired) electrons. The highest BCUT2D eigenvalue weighted by Gasteiger charge is 2.18. The lowest BCUT2D eigenvalue weighted by Gasteiger charge is -2.03. The number of aromatic amines is 1. The molecule has 2 aromatic carbocycles. The van der Waals surface area contributed by atoms with Gasteiger partial charge in [0.2, 0.25) is 5.82 Å². The highest BCUT2D eigenvalue weighted by atomic mass is 79.9. The standard InChI is InChI=1S/C15H9BrN4O/c16-13-11-7-3-4-8-12(11)21-14(13)9-5-1-2-6-10(9)15-17-19-20-18-15/h1-8H,(H,17,18,19,20). The molecule has 1 N–H and O–H groups in total. The summed E-state index contributed by atoms with van der Waals surface area (Å²) in [4.78, 5) is 0. The van der Waals surface area contributed by atoms with Gasteiger partial charge in [0, 0.05) is 16.5 Å². The number of H-pyrrole nitrogens is 1. The summed E-state index contributed by atoms with van der Waals surface area (Å²) in [6.45, 7) is 0. The normalized spacial score (nSPS) is 11.1. The number of para-hydroxylation sites is 1. The fourth-order valence-corrected chi connectivity index (χ4v) is 2.96. The second kappa shape index (κ2) is 4.82. The fraction of sp³-hybridized carbons (Fsp3) is 0. The molecule has 0 atom stereocenters. The van der Waals surface area contributed by atoms with Crippen LogP contribution >= 0.6 is 15.9 Å². The smallest absolute Gasteiger partial charge is 0.205 e. The molecule has 0 saturated heterocycles. The second-order valence-corrected chi connectivity index (χ2v) is 5.32. The molecule has 0 aliphatic carbocycles. The van der Waals surface area contributed by atoms with Gasteiger partial charge in [-0.2, -0.15) is 5.21 Å². The molecule has 6 heteroatoms. The van der Waals surface area contributed by atoms with Gasteiger partial charge in [0.15, 0.2) is 0 Å². The number of fused-ring (bicyclic) bond motifs is 1. The second-order valence-electron chi connectivity index (χ2n) is 4.52. The van der Waals surface area contributed by atoms with Crippen LogP contribution in [0.15, 0.2) is 57.4 Å². The van der Waals surface area contributed by atoms with Crippen molar-refractivity contribution >= 4 is 26.9 Å². The van der Waals surface area contributed by atoms with Gasteiger partial charge in [0.1, 0.15) is 11.3 Å². The van der Waals surface area contributed by atoms with Crippen LogP contribution in [0.3, 0.4) is 0 Å². The monoisotopic (exact) mass is 340 g/mol. The molecular formula is C15H9BrN4O. The zero-order chi connectivity index (χ0) is 14.2. The Morgan fingerprint density at radius 1 is 0.952 bits per heavy atom. The third-order valence-corrected chi connectivity index (χ3v) is 4.08. The van der Waals surface area contributed by atoms with Crippen LogP contribution in [-0.4, -0.2) is 20.6 Å². The lowest BCUT2D eigenvalue weighted by molar-refractivity contribution is 0.630. The zero-order valence-electron chi connectivity index (χ0n) is 10.7. The van der Waals surface area contributed by atoms with Crippen molar-refractivity contribution in [3.63, 3.8) is 0 Å². The van der Waals surface area contributed by atoms with Gasteiger partial charge in [0.05, 0.1) is 4.47 Å². The van der Waals surface area contributed by atoms with Crippen molar-refractivity contribution in [2.75, 3.05) is 0 Å². The largest absolute Gasteiger partial charge is 0.455 e. The van der Waals surface area contributed by atoms with Gasteiger partial charge < -0.3 is 4.42 Å². The highest BCUT2D eigenvalue weighted by molar-refractivity contribution is 9.10. The lowest BCUT2D eigenvalue weighted by atomic mass is 10.0. The zero-order valence-corrected chi connectivity index (χ0v) is 12.3. The summed E-state index contributed by atoms with van der Waals surface area (Å²) in [5, 5.41) is 15.2. The number of hydrogen-bond acceptors (Lipinski definition) is 4. The molecular weight excluding hydrogens is 332 g/mol. The average Bonchev–Trinajstić information content (AvgIpc) is 3.16. The van der Waals surface area contributed by atoms with E-state index in [0.717, 1.165) is 32.3 Å². The molecule has 0 fully saturated rings. The third kappa shape index (κ3) is 1.95. The Morgan fingerprint density at radius 3 is 2.48 bits per heavy atom. The third-order valence-electron chi connectivity index (χ3n) is 3.29. The summed E-state index contributed by atoms with van der Waals surface area (Å²) in [6.07, 6.45) is 0. The summed E-state index contributed by atoms with van der Waals surface area (Å²) < 4.78 is 6.92. The number of nitrogens with one attached hydrogen (secondary N) is 1. The van der Waals surface area contributed by atoms with E-state index in [1.165, 1.54) is 0 Å². The molecule has 0 aliphatic rings. The first-order valence-electron chi connectivity index (χ1n) is 6.35. The van der Waals surface area contributed by atoms with Crippen molar-refractivity contribution < 1.29 is 4.42 Å². The van der Waals surface area contributed by atoms with E-state index >= 15 is 0 Å². The molecule has 4 aromatic rings. The van der Waals surface area contributed by atoms with Gasteiger partial charge in [0.25, 0.3) is 0 Å². The quantitative estimate of drug-likeness (QED) is 0.597. The van der Waals surface area contributed by atoms with Crippen LogP contribution in [-0.2, 0) is 0 Å². The van der Waals surface area contributed by atoms with Crippen molar-refractivity contribution in [1.29, 1.82) is 0 Å². The minimum atomic E-state index is 0.540. The van der Waals surface area contributed by atoms with Crippen LogP contribution < -0.4 is 0 Å². The van der Waals surface area contributed by atoms with Crippen LogP contribution in [0.25, 0.3) is 33.7 Å². The van der Waals surface area contributed by atoms with Crippen LogP contribution in [0.4, 0.5) is 0 Å². The molecule has 0 bridgehead atoms. The van der Waals surface area contributed by atoms with E-state index in [9.17, 15) is 0 Å². The molecule has 0 unspecified atom stereocenters. The Balaban J connectivity index is 2.00. The number of tetrazole rings is 1. The number of halogens is 1. The Kier molecular flexibility index (Phi) is 2.82. The van der Waals surface area contributed by atoms with Crippen molar-refractivity contribution in [2.45, 2.75) is 0 Å². The van der Waals surface area contributed by atoms with Crippen molar-refractivity contribution in [2.24, 2.45) is 0 Å². The fourth-order valence-electron chi connectivity index (χ4n) is 2.34. The summed E-state index contributed by atoms with van der Waals surface area (Å²) in [5.74, 6) is 1.30. The number of aromatic nitrogens is 4. The van der Waals surface area contributed by atoms with E-state index in [2.05, 4.69) is 36.6 Å².